The van der Waals surface area contributed by atoms with Gasteiger partial charge in [-0.15, -0.1) is 0 Å². The first-order valence-electron chi connectivity index (χ1n) is 7.36. The smallest absolute Gasteiger partial charge is 0.408 e. The first-order chi connectivity index (χ1) is 11.1. The zero-order valence-corrected chi connectivity index (χ0v) is 12.8. The maximum Gasteiger partial charge on any atom is 0.420 e. The van der Waals surface area contributed by atoms with Gasteiger partial charge in [-0.05, 0) is 36.2 Å². The molecule has 0 unspecified atom stereocenters. The molecule has 23 heavy (non-hydrogen) atoms. The molecule has 0 saturated carbocycles. The van der Waals surface area contributed by atoms with Crippen molar-refractivity contribution in [3.8, 4) is 0 Å². The number of fused-ring (bicyclic) bond motifs is 1. The molecule has 118 valence electrons. The number of rotatable bonds is 5. The Morgan fingerprint density at radius 2 is 1.96 bits per heavy atom. The number of hydrogen-bond acceptors (Lipinski definition) is 4. The van der Waals surface area contributed by atoms with Crippen molar-refractivity contribution in [1.82, 2.24) is 14.5 Å². The molecule has 0 N–H and O–H groups in total. The van der Waals surface area contributed by atoms with E-state index in [1.54, 1.807) is 42.5 Å². The maximum absolute atomic E-state index is 12.3. The summed E-state index contributed by atoms with van der Waals surface area (Å²) >= 11 is 0. The third-order valence-corrected chi connectivity index (χ3v) is 3.78. The second-order valence-electron chi connectivity index (χ2n) is 5.34. The first-order valence-corrected chi connectivity index (χ1v) is 7.36. The van der Waals surface area contributed by atoms with Crippen LogP contribution in [0.1, 0.15) is 5.56 Å². The van der Waals surface area contributed by atoms with Crippen LogP contribution in [0.15, 0.2) is 58.0 Å². The van der Waals surface area contributed by atoms with E-state index in [2.05, 4.69) is 4.98 Å². The number of aromatic nitrogens is 2. The minimum absolute atomic E-state index is 0.0251. The summed E-state index contributed by atoms with van der Waals surface area (Å²) in [5.74, 6) is -0.644. The van der Waals surface area contributed by atoms with Crippen molar-refractivity contribution in [2.24, 2.45) is 0 Å². The highest BCUT2D eigenvalue weighted by Crippen LogP contribution is 2.11. The maximum atomic E-state index is 12.3. The Morgan fingerprint density at radius 3 is 2.74 bits per heavy atom. The lowest BCUT2D eigenvalue weighted by Crippen LogP contribution is -2.34. The van der Waals surface area contributed by atoms with E-state index in [0.29, 0.717) is 17.6 Å². The van der Waals surface area contributed by atoms with E-state index in [0.717, 1.165) is 12.0 Å². The van der Waals surface area contributed by atoms with Gasteiger partial charge in [0.1, 0.15) is 6.54 Å². The van der Waals surface area contributed by atoms with E-state index in [1.165, 1.54) is 4.57 Å². The molecule has 0 aliphatic rings. The summed E-state index contributed by atoms with van der Waals surface area (Å²) in [6.45, 7) is 0.552. The lowest BCUT2D eigenvalue weighted by atomic mass is 10.2. The van der Waals surface area contributed by atoms with Crippen LogP contribution in [0.3, 0.4) is 0 Å². The molecule has 0 fully saturated rings. The van der Waals surface area contributed by atoms with Crippen LogP contribution in [0, 0.1) is 0 Å². The van der Waals surface area contributed by atoms with Gasteiger partial charge in [0.25, 0.3) is 0 Å². The monoisotopic (exact) mass is 311 g/mol. The molecule has 0 atom stereocenters. The summed E-state index contributed by atoms with van der Waals surface area (Å²) < 4.78 is 6.50. The Kier molecular flexibility index (Phi) is 4.23. The SMILES string of the molecule is CN(CCc1ccncc1)C(=O)Cn1c(=O)oc2ccccc21. The molecule has 0 aliphatic carbocycles. The number of likely N-dealkylation sites (N-methyl/N-ethyl adjacent to an activating group) is 1. The number of para-hydroxylation sites is 2. The number of pyridine rings is 1. The second kappa shape index (κ2) is 6.48. The van der Waals surface area contributed by atoms with E-state index in [9.17, 15) is 9.59 Å². The molecule has 3 rings (SSSR count). The molecule has 0 radical (unpaired) electrons. The lowest BCUT2D eigenvalue weighted by Gasteiger charge is -2.17. The second-order valence-corrected chi connectivity index (χ2v) is 5.34. The molecular weight excluding hydrogens is 294 g/mol. The fraction of sp³-hybridized carbons (Fsp3) is 0.235. The van der Waals surface area contributed by atoms with Crippen LogP contribution in [0.4, 0.5) is 0 Å². The predicted molar refractivity (Wildman–Crippen MR) is 86.1 cm³/mol. The largest absolute Gasteiger partial charge is 0.420 e. The normalized spacial score (nSPS) is 10.8. The van der Waals surface area contributed by atoms with Crippen LogP contribution in [-0.4, -0.2) is 34.0 Å². The number of hydrogen-bond donors (Lipinski definition) is 0. The number of nitrogens with zero attached hydrogens (tertiary/aromatic N) is 3. The highest BCUT2D eigenvalue weighted by molar-refractivity contribution is 5.79. The van der Waals surface area contributed by atoms with Gasteiger partial charge in [-0.3, -0.25) is 14.3 Å². The van der Waals surface area contributed by atoms with Gasteiger partial charge in [0, 0.05) is 26.0 Å². The van der Waals surface area contributed by atoms with E-state index in [1.807, 2.05) is 18.2 Å². The van der Waals surface area contributed by atoms with Crippen molar-refractivity contribution < 1.29 is 9.21 Å². The van der Waals surface area contributed by atoms with Crippen molar-refractivity contribution in [3.63, 3.8) is 0 Å². The summed E-state index contributed by atoms with van der Waals surface area (Å²) in [5, 5.41) is 0. The average Bonchev–Trinajstić information content (AvgIpc) is 2.89. The van der Waals surface area contributed by atoms with Crippen molar-refractivity contribution >= 4 is 17.0 Å². The van der Waals surface area contributed by atoms with Gasteiger partial charge in [-0.25, -0.2) is 4.79 Å². The Bertz CT molecular complexity index is 867. The van der Waals surface area contributed by atoms with Gasteiger partial charge < -0.3 is 9.32 Å². The molecule has 2 heterocycles. The van der Waals surface area contributed by atoms with Crippen LogP contribution in [0.2, 0.25) is 0 Å². The standard InChI is InChI=1S/C17H17N3O3/c1-19(11-8-13-6-9-18-10-7-13)16(21)12-20-14-4-2-3-5-15(14)23-17(20)22/h2-7,9-10H,8,11-12H2,1H3. The van der Waals surface area contributed by atoms with Gasteiger partial charge in [0.05, 0.1) is 5.52 Å². The van der Waals surface area contributed by atoms with Gasteiger partial charge in [-0.1, -0.05) is 12.1 Å². The molecule has 6 heteroatoms. The molecule has 2 aromatic heterocycles. The lowest BCUT2D eigenvalue weighted by molar-refractivity contribution is -0.130. The van der Waals surface area contributed by atoms with Crippen molar-refractivity contribution in [3.05, 3.63) is 64.9 Å². The number of oxazole rings is 1. The van der Waals surface area contributed by atoms with E-state index in [4.69, 9.17) is 4.42 Å². The minimum Gasteiger partial charge on any atom is -0.408 e. The molecule has 0 spiro atoms. The molecule has 1 amide bonds. The number of benzene rings is 1. The minimum atomic E-state index is -0.512. The van der Waals surface area contributed by atoms with Crippen molar-refractivity contribution in [2.75, 3.05) is 13.6 Å². The zero-order chi connectivity index (χ0) is 16.2. The number of carbonyl (C=O) groups is 1. The predicted octanol–water partition coefficient (Wildman–Crippen LogP) is 1.69. The summed E-state index contributed by atoms with van der Waals surface area (Å²) in [7, 11) is 1.73. The van der Waals surface area contributed by atoms with Gasteiger partial charge in [0.15, 0.2) is 5.58 Å². The van der Waals surface area contributed by atoms with Gasteiger partial charge >= 0.3 is 5.76 Å². The van der Waals surface area contributed by atoms with E-state index < -0.39 is 5.76 Å². The summed E-state index contributed by atoms with van der Waals surface area (Å²) in [4.78, 5) is 29.8. The quantitative estimate of drug-likeness (QED) is 0.719. The highest BCUT2D eigenvalue weighted by Gasteiger charge is 2.15. The third kappa shape index (κ3) is 3.31. The Balaban J connectivity index is 1.68. The summed E-state index contributed by atoms with van der Waals surface area (Å²) in [6.07, 6.45) is 4.20. The molecule has 0 bridgehead atoms. The van der Waals surface area contributed by atoms with Crippen LogP contribution >= 0.6 is 0 Å². The molecule has 3 aromatic rings. The highest BCUT2D eigenvalue weighted by atomic mass is 16.4. The summed E-state index contributed by atoms with van der Waals surface area (Å²) in [5.41, 5.74) is 2.24. The fourth-order valence-corrected chi connectivity index (χ4v) is 2.39. The first kappa shape index (κ1) is 15.0. The van der Waals surface area contributed by atoms with Crippen molar-refractivity contribution in [2.45, 2.75) is 13.0 Å². The third-order valence-electron chi connectivity index (χ3n) is 3.78. The van der Waals surface area contributed by atoms with Crippen LogP contribution in [-0.2, 0) is 17.8 Å². The fourth-order valence-electron chi connectivity index (χ4n) is 2.39. The van der Waals surface area contributed by atoms with E-state index in [-0.39, 0.29) is 12.5 Å². The zero-order valence-electron chi connectivity index (χ0n) is 12.8. The van der Waals surface area contributed by atoms with E-state index >= 15 is 0 Å². The average molecular weight is 311 g/mol. The summed E-state index contributed by atoms with van der Waals surface area (Å²) in [6, 6.07) is 10.9. The topological polar surface area (TPSA) is 68.3 Å². The van der Waals surface area contributed by atoms with Crippen LogP contribution < -0.4 is 5.76 Å². The molecule has 1 aromatic carbocycles. The molecule has 6 nitrogen and oxygen atoms in total. The Morgan fingerprint density at radius 1 is 1.22 bits per heavy atom. The Labute approximate surface area is 133 Å². The molecular formula is C17H17N3O3. The van der Waals surface area contributed by atoms with Crippen LogP contribution in [0.5, 0.6) is 0 Å². The number of carbonyl (C=O) groups excluding carboxylic acids is 1. The number of amides is 1. The molecule has 0 saturated heterocycles. The van der Waals surface area contributed by atoms with Crippen molar-refractivity contribution in [1.29, 1.82) is 0 Å². The van der Waals surface area contributed by atoms with Gasteiger partial charge in [-0.2, -0.15) is 0 Å². The van der Waals surface area contributed by atoms with Crippen LogP contribution in [0.25, 0.3) is 11.1 Å². The Hall–Kier alpha value is -2.89. The molecule has 0 aliphatic heterocycles. The van der Waals surface area contributed by atoms with Gasteiger partial charge in [0.2, 0.25) is 5.91 Å².